The Hall–Kier alpha value is -2.29. The van der Waals surface area contributed by atoms with E-state index in [4.69, 9.17) is 4.74 Å². The van der Waals surface area contributed by atoms with E-state index < -0.39 is 6.10 Å². The lowest BCUT2D eigenvalue weighted by Gasteiger charge is -2.23. The molecule has 2 aromatic rings. The number of aryl methyl sites for hydroxylation is 1. The van der Waals surface area contributed by atoms with E-state index in [-0.39, 0.29) is 17.4 Å². The van der Waals surface area contributed by atoms with Gasteiger partial charge in [0.05, 0.1) is 6.04 Å². The molecular formula is C24H33NO2. The Kier molecular flexibility index (Phi) is 6.69. The highest BCUT2D eigenvalue weighted by molar-refractivity contribution is 5.81. The summed E-state index contributed by atoms with van der Waals surface area (Å²) in [6, 6.07) is 14.3. The second kappa shape index (κ2) is 8.60. The van der Waals surface area contributed by atoms with E-state index in [1.807, 2.05) is 45.9 Å². The van der Waals surface area contributed by atoms with E-state index in [9.17, 15) is 4.79 Å². The third-order valence-electron chi connectivity index (χ3n) is 5.12. The van der Waals surface area contributed by atoms with E-state index in [0.717, 1.165) is 22.4 Å². The quantitative estimate of drug-likeness (QED) is 0.718. The molecule has 0 unspecified atom stereocenters. The number of ether oxygens (including phenoxy) is 1. The second-order valence-corrected chi connectivity index (χ2v) is 8.32. The van der Waals surface area contributed by atoms with Crippen molar-refractivity contribution >= 4 is 5.91 Å². The van der Waals surface area contributed by atoms with E-state index in [0.29, 0.717) is 6.42 Å². The molecule has 3 nitrogen and oxygen atoms in total. The van der Waals surface area contributed by atoms with E-state index >= 15 is 0 Å². The van der Waals surface area contributed by atoms with Gasteiger partial charge in [-0.25, -0.2) is 0 Å². The van der Waals surface area contributed by atoms with Crippen molar-refractivity contribution in [1.82, 2.24) is 5.32 Å². The van der Waals surface area contributed by atoms with Gasteiger partial charge in [-0.1, -0.05) is 64.1 Å². The molecule has 0 bridgehead atoms. The first-order valence-electron chi connectivity index (χ1n) is 9.77. The minimum atomic E-state index is -0.498. The maximum Gasteiger partial charge on any atom is 0.261 e. The fourth-order valence-electron chi connectivity index (χ4n) is 2.99. The number of hydrogen-bond donors (Lipinski definition) is 1. The van der Waals surface area contributed by atoms with Gasteiger partial charge in [-0.15, -0.1) is 0 Å². The summed E-state index contributed by atoms with van der Waals surface area (Å²) in [7, 11) is 0. The van der Waals surface area contributed by atoms with Gasteiger partial charge in [0.15, 0.2) is 6.10 Å². The maximum absolute atomic E-state index is 12.7. The zero-order chi connectivity index (χ0) is 20.2. The van der Waals surface area contributed by atoms with Gasteiger partial charge in [-0.05, 0) is 60.9 Å². The van der Waals surface area contributed by atoms with Crippen molar-refractivity contribution in [3.63, 3.8) is 0 Å². The van der Waals surface area contributed by atoms with Crippen molar-refractivity contribution in [3.05, 3.63) is 64.7 Å². The Balaban J connectivity index is 2.06. The van der Waals surface area contributed by atoms with Crippen LogP contribution in [-0.2, 0) is 10.2 Å². The highest BCUT2D eigenvalue weighted by atomic mass is 16.5. The average Bonchev–Trinajstić information content (AvgIpc) is 2.62. The molecule has 0 aliphatic carbocycles. The monoisotopic (exact) mass is 367 g/mol. The summed E-state index contributed by atoms with van der Waals surface area (Å²) >= 11 is 0. The lowest BCUT2D eigenvalue weighted by atomic mass is 9.86. The summed E-state index contributed by atoms with van der Waals surface area (Å²) in [5.41, 5.74) is 4.75. The average molecular weight is 368 g/mol. The number of rotatable bonds is 6. The third kappa shape index (κ3) is 5.35. The van der Waals surface area contributed by atoms with Crippen LogP contribution < -0.4 is 10.1 Å². The lowest BCUT2D eigenvalue weighted by molar-refractivity contribution is -0.128. The summed E-state index contributed by atoms with van der Waals surface area (Å²) in [6.45, 7) is 14.6. The van der Waals surface area contributed by atoms with Crippen molar-refractivity contribution < 1.29 is 9.53 Å². The first kappa shape index (κ1) is 21.0. The molecule has 0 saturated carbocycles. The highest BCUT2D eigenvalue weighted by Crippen LogP contribution is 2.25. The fourth-order valence-corrected chi connectivity index (χ4v) is 2.99. The molecule has 3 heteroatoms. The Morgan fingerprint density at radius 2 is 1.70 bits per heavy atom. The van der Waals surface area contributed by atoms with Crippen molar-refractivity contribution in [3.8, 4) is 5.75 Å². The Morgan fingerprint density at radius 3 is 2.26 bits per heavy atom. The molecule has 2 rings (SSSR count). The minimum Gasteiger partial charge on any atom is -0.480 e. The SMILES string of the molecule is CC[C@@H](Oc1cccc(C)c1C)C(=O)N[C@H](C)c1ccc(C(C)(C)C)cc1. The Labute approximate surface area is 164 Å². The number of amides is 1. The molecule has 27 heavy (non-hydrogen) atoms. The molecule has 2 atom stereocenters. The molecule has 1 N–H and O–H groups in total. The van der Waals surface area contributed by atoms with Crippen molar-refractivity contribution in [2.45, 2.75) is 72.4 Å². The van der Waals surface area contributed by atoms with E-state index in [1.54, 1.807) is 0 Å². The number of carbonyl (C=O) groups excluding carboxylic acids is 1. The number of hydrogen-bond acceptors (Lipinski definition) is 2. The van der Waals surface area contributed by atoms with Crippen LogP contribution in [0, 0.1) is 13.8 Å². The van der Waals surface area contributed by atoms with Crippen LogP contribution in [0.1, 0.15) is 69.3 Å². The summed E-state index contributed by atoms with van der Waals surface area (Å²) in [4.78, 5) is 12.7. The number of carbonyl (C=O) groups is 1. The molecule has 0 radical (unpaired) electrons. The number of benzene rings is 2. The molecular weight excluding hydrogens is 334 g/mol. The van der Waals surface area contributed by atoms with Gasteiger partial charge in [0, 0.05) is 0 Å². The van der Waals surface area contributed by atoms with Crippen molar-refractivity contribution in [2.24, 2.45) is 0 Å². The van der Waals surface area contributed by atoms with Crippen LogP contribution in [0.4, 0.5) is 0 Å². The standard InChI is InChI=1S/C24H33NO2/c1-8-21(27-22-11-9-10-16(2)17(22)3)23(26)25-18(4)19-12-14-20(15-13-19)24(5,6)7/h9-15,18,21H,8H2,1-7H3,(H,25,26)/t18-,21-/m1/s1. The van der Waals surface area contributed by atoms with Crippen LogP contribution in [-0.4, -0.2) is 12.0 Å². The molecule has 0 heterocycles. The lowest BCUT2D eigenvalue weighted by Crippen LogP contribution is -2.39. The second-order valence-electron chi connectivity index (χ2n) is 8.32. The normalized spacial score (nSPS) is 13.7. The zero-order valence-corrected chi connectivity index (χ0v) is 17.7. The maximum atomic E-state index is 12.7. The van der Waals surface area contributed by atoms with Crippen LogP contribution in [0.3, 0.4) is 0 Å². The molecule has 146 valence electrons. The van der Waals surface area contributed by atoms with Gasteiger partial charge in [-0.3, -0.25) is 4.79 Å². The van der Waals surface area contributed by atoms with Crippen LogP contribution in [0.15, 0.2) is 42.5 Å². The van der Waals surface area contributed by atoms with Crippen LogP contribution >= 0.6 is 0 Å². The van der Waals surface area contributed by atoms with Gasteiger partial charge in [0.1, 0.15) is 5.75 Å². The first-order valence-corrected chi connectivity index (χ1v) is 9.77. The molecule has 0 fully saturated rings. The van der Waals surface area contributed by atoms with Crippen molar-refractivity contribution in [2.75, 3.05) is 0 Å². The summed E-state index contributed by atoms with van der Waals surface area (Å²) in [5, 5.41) is 3.10. The third-order valence-corrected chi connectivity index (χ3v) is 5.12. The van der Waals surface area contributed by atoms with Crippen LogP contribution in [0.5, 0.6) is 5.75 Å². The van der Waals surface area contributed by atoms with Gasteiger partial charge in [0.2, 0.25) is 0 Å². The molecule has 2 aromatic carbocycles. The van der Waals surface area contributed by atoms with Crippen LogP contribution in [0.25, 0.3) is 0 Å². The van der Waals surface area contributed by atoms with Gasteiger partial charge < -0.3 is 10.1 Å². The summed E-state index contributed by atoms with van der Waals surface area (Å²) in [5.74, 6) is 0.699. The van der Waals surface area contributed by atoms with Crippen molar-refractivity contribution in [1.29, 1.82) is 0 Å². The van der Waals surface area contributed by atoms with E-state index in [1.165, 1.54) is 5.56 Å². The molecule has 0 aliphatic heterocycles. The zero-order valence-electron chi connectivity index (χ0n) is 17.7. The number of nitrogens with one attached hydrogen (secondary N) is 1. The predicted molar refractivity (Wildman–Crippen MR) is 112 cm³/mol. The van der Waals surface area contributed by atoms with Gasteiger partial charge in [0.25, 0.3) is 5.91 Å². The first-order chi connectivity index (χ1) is 12.6. The molecule has 0 aliphatic rings. The molecule has 0 aromatic heterocycles. The van der Waals surface area contributed by atoms with Gasteiger partial charge in [-0.2, -0.15) is 0 Å². The predicted octanol–water partition coefficient (Wildman–Crippen LogP) is 5.64. The molecule has 1 amide bonds. The highest BCUT2D eigenvalue weighted by Gasteiger charge is 2.22. The van der Waals surface area contributed by atoms with E-state index in [2.05, 4.69) is 50.4 Å². The smallest absolute Gasteiger partial charge is 0.261 e. The minimum absolute atomic E-state index is 0.0669. The molecule has 0 saturated heterocycles. The topological polar surface area (TPSA) is 38.3 Å². The summed E-state index contributed by atoms with van der Waals surface area (Å²) in [6.07, 6.45) is 0.122. The fraction of sp³-hybridized carbons (Fsp3) is 0.458. The largest absolute Gasteiger partial charge is 0.480 e. The molecule has 0 spiro atoms. The summed E-state index contributed by atoms with van der Waals surface area (Å²) < 4.78 is 6.03. The Morgan fingerprint density at radius 1 is 1.07 bits per heavy atom. The van der Waals surface area contributed by atoms with Crippen LogP contribution in [0.2, 0.25) is 0 Å². The van der Waals surface area contributed by atoms with Gasteiger partial charge >= 0.3 is 0 Å². The Bertz CT molecular complexity index is 772.